The number of hydrazine groups is 1. The molecule has 0 bridgehead atoms. The van der Waals surface area contributed by atoms with E-state index in [1.165, 1.54) is 6.42 Å². The Morgan fingerprint density at radius 2 is 1.73 bits per heavy atom. The molecule has 9 heteroatoms. The number of hydrogen-bond donors (Lipinski definition) is 1. The standard InChI is InChI=1S/C36H40FN5O2S.C3H8.2C2H6.H2/c1-5-6-19-42(40(3)4)26-13-11-24(12-14-26)34(43)39-31-15-18-36(2,37)22-29(31)35(44)41-20-16-28-32(25-17-21-45-23-25)38-30-10-8-7-9-27(30)33(28)41;1-3-2;2*1-2;/h6-14,17,19,21,23,29,31H,5,15-16,18,20,22H2,1-4H3,(H,39,43);3H2,1-2H3;2*1-2H3;1H/b19-6-;;;;/t29-,31+,36?;;;;/m0..../s1. The van der Waals surface area contributed by atoms with E-state index in [4.69, 9.17) is 4.98 Å². The molecule has 0 saturated heterocycles. The number of amides is 2. The number of benzene rings is 2. The van der Waals surface area contributed by atoms with Gasteiger partial charge in [0.05, 0.1) is 28.5 Å². The van der Waals surface area contributed by atoms with Gasteiger partial charge in [0.15, 0.2) is 0 Å². The van der Waals surface area contributed by atoms with Crippen molar-refractivity contribution in [1.29, 1.82) is 0 Å². The van der Waals surface area contributed by atoms with Crippen LogP contribution in [0.4, 0.5) is 15.8 Å². The van der Waals surface area contributed by atoms with E-state index in [1.807, 2.05) is 105 Å². The van der Waals surface area contributed by atoms with Crippen LogP contribution >= 0.6 is 11.3 Å². The molecule has 1 aliphatic heterocycles. The number of fused-ring (bicyclic) bond motifs is 3. The van der Waals surface area contributed by atoms with Crippen LogP contribution in [0.2, 0.25) is 0 Å². The predicted molar refractivity (Wildman–Crippen MR) is 222 cm³/mol. The second kappa shape index (κ2) is 20.2. The molecule has 1 aliphatic carbocycles. The van der Waals surface area contributed by atoms with Gasteiger partial charge in [-0.15, -0.1) is 0 Å². The SMILES string of the molecule is CC.CC.CC/C=C\N(c1ccc(C(=O)N[C@@H]2CCC(C)(F)C[C@@H]2C(=O)N2CCc3c(-c4ccsc4)nc4ccccc4c32)cc1)N(C)C.CCC.[HH]. The smallest absolute Gasteiger partial charge is 0.251 e. The maximum Gasteiger partial charge on any atom is 0.251 e. The largest absolute Gasteiger partial charge is 0.349 e. The van der Waals surface area contributed by atoms with Crippen molar-refractivity contribution in [2.45, 2.75) is 106 Å². The molecular formula is C43H62FN5O2S. The molecule has 1 saturated carbocycles. The van der Waals surface area contributed by atoms with Gasteiger partial charge in [-0.2, -0.15) is 11.3 Å². The number of aromatic nitrogens is 1. The van der Waals surface area contributed by atoms with Crippen LogP contribution in [0.15, 0.2) is 77.6 Å². The van der Waals surface area contributed by atoms with E-state index in [1.54, 1.807) is 30.4 Å². The van der Waals surface area contributed by atoms with Crippen molar-refractivity contribution in [2.75, 3.05) is 30.5 Å². The van der Waals surface area contributed by atoms with Crippen LogP contribution in [0.5, 0.6) is 0 Å². The van der Waals surface area contributed by atoms with Gasteiger partial charge in [-0.1, -0.05) is 79.2 Å². The second-order valence-corrected chi connectivity index (χ2v) is 13.9. The van der Waals surface area contributed by atoms with Crippen molar-refractivity contribution >= 4 is 45.4 Å². The number of hydrogen-bond acceptors (Lipinski definition) is 6. The molecule has 0 radical (unpaired) electrons. The number of thiophene rings is 1. The Kier molecular flexibility index (Phi) is 16.5. The average Bonchev–Trinajstić information content (AvgIpc) is 3.86. The minimum atomic E-state index is -1.49. The molecule has 7 nitrogen and oxygen atoms in total. The van der Waals surface area contributed by atoms with Crippen LogP contribution in [0.25, 0.3) is 22.2 Å². The number of para-hydroxylation sites is 1. The molecule has 3 atom stereocenters. The van der Waals surface area contributed by atoms with Gasteiger partial charge in [-0.3, -0.25) is 14.6 Å². The first kappa shape index (κ1) is 42.3. The Morgan fingerprint density at radius 1 is 1.06 bits per heavy atom. The molecule has 1 N–H and O–H groups in total. The van der Waals surface area contributed by atoms with Crippen molar-refractivity contribution in [2.24, 2.45) is 5.92 Å². The van der Waals surface area contributed by atoms with E-state index in [0.717, 1.165) is 45.5 Å². The highest BCUT2D eigenvalue weighted by Crippen LogP contribution is 2.44. The molecule has 2 aromatic heterocycles. The Morgan fingerprint density at radius 3 is 2.35 bits per heavy atom. The molecule has 6 rings (SSSR count). The molecule has 2 aromatic carbocycles. The van der Waals surface area contributed by atoms with E-state index in [2.05, 4.69) is 43.6 Å². The van der Waals surface area contributed by atoms with E-state index >= 15 is 4.39 Å². The van der Waals surface area contributed by atoms with Gasteiger partial charge < -0.3 is 10.2 Å². The number of carbonyl (C=O) groups is 2. The third-order valence-corrected chi connectivity index (χ3v) is 9.61. The van der Waals surface area contributed by atoms with E-state index in [9.17, 15) is 9.59 Å². The van der Waals surface area contributed by atoms with Crippen LogP contribution in [0.1, 0.15) is 105 Å². The monoisotopic (exact) mass is 731 g/mol. The van der Waals surface area contributed by atoms with Crippen molar-refractivity contribution in [3.8, 4) is 11.3 Å². The van der Waals surface area contributed by atoms with Crippen molar-refractivity contribution in [3.63, 3.8) is 0 Å². The number of anilines is 2. The molecule has 0 spiro atoms. The first-order chi connectivity index (χ1) is 25.1. The summed E-state index contributed by atoms with van der Waals surface area (Å²) in [5.74, 6) is -1.10. The number of rotatable bonds is 8. The number of nitrogens with zero attached hydrogens (tertiary/aromatic N) is 4. The fourth-order valence-corrected chi connectivity index (χ4v) is 7.28. The van der Waals surface area contributed by atoms with Crippen molar-refractivity contribution < 1.29 is 15.4 Å². The normalized spacial score (nSPS) is 19.1. The highest BCUT2D eigenvalue weighted by molar-refractivity contribution is 7.08. The average molecular weight is 732 g/mol. The van der Waals surface area contributed by atoms with Gasteiger partial charge in [0.25, 0.3) is 5.91 Å². The molecule has 2 aliphatic rings. The quantitative estimate of drug-likeness (QED) is 0.183. The molecule has 4 aromatic rings. The summed E-state index contributed by atoms with van der Waals surface area (Å²) in [5.41, 5.74) is 4.60. The summed E-state index contributed by atoms with van der Waals surface area (Å²) in [6.07, 6.45) is 7.64. The fraction of sp³-hybridized carbons (Fsp3) is 0.465. The zero-order valence-corrected chi connectivity index (χ0v) is 33.8. The van der Waals surface area contributed by atoms with Gasteiger partial charge in [-0.05, 0) is 80.8 Å². The fourth-order valence-electron chi connectivity index (χ4n) is 6.64. The molecular weight excluding hydrogens is 670 g/mol. The topological polar surface area (TPSA) is 68.8 Å². The summed E-state index contributed by atoms with van der Waals surface area (Å²) < 4.78 is 15.6. The van der Waals surface area contributed by atoms with Crippen LogP contribution in [0, 0.1) is 5.92 Å². The van der Waals surface area contributed by atoms with Gasteiger partial charge in [0.2, 0.25) is 5.91 Å². The summed E-state index contributed by atoms with van der Waals surface area (Å²) in [4.78, 5) is 34.8. The van der Waals surface area contributed by atoms with Crippen molar-refractivity contribution in [3.05, 3.63) is 88.8 Å². The predicted octanol–water partition coefficient (Wildman–Crippen LogP) is 11.1. The first-order valence-corrected chi connectivity index (χ1v) is 20.0. The highest BCUT2D eigenvalue weighted by atomic mass is 32.1. The zero-order chi connectivity index (χ0) is 38.4. The number of alkyl halides is 1. The second-order valence-electron chi connectivity index (χ2n) is 13.1. The number of nitrogens with one attached hydrogen (secondary N) is 1. The summed E-state index contributed by atoms with van der Waals surface area (Å²) >= 11 is 1.62. The molecule has 52 heavy (non-hydrogen) atoms. The lowest BCUT2D eigenvalue weighted by Gasteiger charge is -2.39. The Balaban J connectivity index is 0.00000114. The zero-order valence-electron chi connectivity index (χ0n) is 33.0. The maximum absolute atomic E-state index is 15.6. The number of carbonyl (C=O) groups excluding carboxylic acids is 2. The first-order valence-electron chi connectivity index (χ1n) is 19.1. The molecule has 284 valence electrons. The van der Waals surface area contributed by atoms with E-state index < -0.39 is 17.6 Å². The summed E-state index contributed by atoms with van der Waals surface area (Å²) in [5, 5.41) is 12.1. The van der Waals surface area contributed by atoms with Crippen LogP contribution in [-0.2, 0) is 11.2 Å². The summed E-state index contributed by atoms with van der Waals surface area (Å²) in [6, 6.07) is 16.9. The lowest BCUT2D eigenvalue weighted by atomic mass is 9.76. The lowest BCUT2D eigenvalue weighted by Crippen LogP contribution is -2.53. The van der Waals surface area contributed by atoms with E-state index in [0.29, 0.717) is 24.9 Å². The summed E-state index contributed by atoms with van der Waals surface area (Å²) in [7, 11) is 3.92. The number of halogens is 1. The van der Waals surface area contributed by atoms with Gasteiger partial charge in [0.1, 0.15) is 5.67 Å². The van der Waals surface area contributed by atoms with Crippen LogP contribution < -0.4 is 15.2 Å². The Bertz CT molecular complexity index is 1740. The molecule has 1 fully saturated rings. The molecule has 3 heterocycles. The lowest BCUT2D eigenvalue weighted by molar-refractivity contribution is -0.126. The number of pyridine rings is 1. The minimum Gasteiger partial charge on any atom is -0.349 e. The van der Waals surface area contributed by atoms with Gasteiger partial charge in [0, 0.05) is 61.8 Å². The highest BCUT2D eigenvalue weighted by Gasteiger charge is 2.45. The molecule has 1 unspecified atom stereocenters. The maximum atomic E-state index is 15.6. The summed E-state index contributed by atoms with van der Waals surface area (Å²) in [6.45, 7) is 16.4. The molecule has 2 amide bonds. The minimum absolute atomic E-state index is 0. The van der Waals surface area contributed by atoms with Crippen LogP contribution in [-0.4, -0.2) is 54.2 Å². The van der Waals surface area contributed by atoms with Gasteiger partial charge in [-0.25, -0.2) is 14.4 Å². The number of allylic oxidation sites excluding steroid dienone is 1. The third kappa shape index (κ3) is 10.1. The van der Waals surface area contributed by atoms with Crippen molar-refractivity contribution in [1.82, 2.24) is 15.3 Å². The Labute approximate surface area is 317 Å². The Hall–Kier alpha value is -4.08. The van der Waals surface area contributed by atoms with E-state index in [-0.39, 0.29) is 26.1 Å². The van der Waals surface area contributed by atoms with Gasteiger partial charge >= 0.3 is 0 Å². The van der Waals surface area contributed by atoms with Crippen LogP contribution in [0.3, 0.4) is 0 Å². The third-order valence-electron chi connectivity index (χ3n) is 8.93.